The van der Waals surface area contributed by atoms with Crippen LogP contribution in [0.3, 0.4) is 0 Å². The number of hydrazone groups is 1. The molecule has 0 aliphatic heterocycles. The first kappa shape index (κ1) is 23.5. The fourth-order valence-corrected chi connectivity index (χ4v) is 2.69. The SMILES string of the molecule is COc1ccc(NC(=O)C/C(C)=N/NC(=O)c2ccc(C(C)(C)C)cc2)c([N+](=O)[O-])c1. The molecule has 2 amide bonds. The lowest BCUT2D eigenvalue weighted by molar-refractivity contribution is -0.384. The summed E-state index contributed by atoms with van der Waals surface area (Å²) in [6, 6.07) is 11.3. The third-order valence-corrected chi connectivity index (χ3v) is 4.45. The number of amides is 2. The van der Waals surface area contributed by atoms with E-state index in [-0.39, 0.29) is 23.2 Å². The van der Waals surface area contributed by atoms with Crippen LogP contribution in [0.15, 0.2) is 47.6 Å². The van der Waals surface area contributed by atoms with E-state index in [0.717, 1.165) is 5.56 Å². The van der Waals surface area contributed by atoms with Gasteiger partial charge in [-0.15, -0.1) is 0 Å². The van der Waals surface area contributed by atoms with Crippen molar-refractivity contribution in [2.24, 2.45) is 5.10 Å². The summed E-state index contributed by atoms with van der Waals surface area (Å²) in [7, 11) is 1.39. The highest BCUT2D eigenvalue weighted by Gasteiger charge is 2.18. The Hall–Kier alpha value is -3.75. The van der Waals surface area contributed by atoms with Gasteiger partial charge in [0.05, 0.1) is 24.5 Å². The Kier molecular flexibility index (Phi) is 7.47. The van der Waals surface area contributed by atoms with Gasteiger partial charge in [0.25, 0.3) is 11.6 Å². The fourth-order valence-electron chi connectivity index (χ4n) is 2.69. The van der Waals surface area contributed by atoms with Gasteiger partial charge in [-0.25, -0.2) is 5.43 Å². The number of benzene rings is 2. The van der Waals surface area contributed by atoms with Crippen molar-refractivity contribution >= 4 is 28.9 Å². The van der Waals surface area contributed by atoms with E-state index in [4.69, 9.17) is 4.74 Å². The van der Waals surface area contributed by atoms with Crippen LogP contribution in [0, 0.1) is 10.1 Å². The first-order valence-corrected chi connectivity index (χ1v) is 9.57. The molecular weight excluding hydrogens is 400 g/mol. The lowest BCUT2D eigenvalue weighted by Crippen LogP contribution is -2.22. The second kappa shape index (κ2) is 9.84. The molecule has 0 radical (unpaired) electrons. The van der Waals surface area contributed by atoms with Crippen LogP contribution in [0.1, 0.15) is 50.0 Å². The van der Waals surface area contributed by atoms with Crippen molar-refractivity contribution in [3.63, 3.8) is 0 Å². The summed E-state index contributed by atoms with van der Waals surface area (Å²) in [4.78, 5) is 35.1. The number of nitro benzene ring substituents is 1. The summed E-state index contributed by atoms with van der Waals surface area (Å²) in [6.45, 7) is 7.83. The number of rotatable bonds is 7. The maximum Gasteiger partial charge on any atom is 0.296 e. The first-order chi connectivity index (χ1) is 14.5. The molecule has 0 aromatic heterocycles. The Morgan fingerprint density at radius 2 is 1.77 bits per heavy atom. The first-order valence-electron chi connectivity index (χ1n) is 9.57. The molecule has 31 heavy (non-hydrogen) atoms. The molecule has 2 aromatic rings. The van der Waals surface area contributed by atoms with Gasteiger partial charge in [0.15, 0.2) is 0 Å². The van der Waals surface area contributed by atoms with Crippen molar-refractivity contribution < 1.29 is 19.2 Å². The van der Waals surface area contributed by atoms with E-state index in [1.54, 1.807) is 19.1 Å². The minimum atomic E-state index is -0.607. The zero-order valence-electron chi connectivity index (χ0n) is 18.2. The van der Waals surface area contributed by atoms with Gasteiger partial charge in [-0.2, -0.15) is 5.10 Å². The van der Waals surface area contributed by atoms with Crippen LogP contribution in [-0.2, 0) is 10.2 Å². The zero-order valence-corrected chi connectivity index (χ0v) is 18.2. The fraction of sp³-hybridized carbons (Fsp3) is 0.318. The Labute approximate surface area is 180 Å². The maximum absolute atomic E-state index is 12.3. The minimum Gasteiger partial charge on any atom is -0.496 e. The second-order valence-electron chi connectivity index (χ2n) is 7.98. The van der Waals surface area contributed by atoms with Crippen LogP contribution >= 0.6 is 0 Å². The number of carbonyl (C=O) groups excluding carboxylic acids is 2. The highest BCUT2D eigenvalue weighted by Crippen LogP contribution is 2.29. The van der Waals surface area contributed by atoms with Crippen LogP contribution in [-0.4, -0.2) is 29.6 Å². The average Bonchev–Trinajstić information content (AvgIpc) is 2.71. The third-order valence-electron chi connectivity index (χ3n) is 4.45. The van der Waals surface area contributed by atoms with Gasteiger partial charge in [-0.05, 0) is 42.2 Å². The lowest BCUT2D eigenvalue weighted by atomic mass is 9.87. The van der Waals surface area contributed by atoms with E-state index in [2.05, 4.69) is 36.6 Å². The Morgan fingerprint density at radius 3 is 2.32 bits per heavy atom. The number of nitro groups is 1. The van der Waals surface area contributed by atoms with Gasteiger partial charge in [-0.3, -0.25) is 19.7 Å². The Bertz CT molecular complexity index is 1010. The summed E-state index contributed by atoms with van der Waals surface area (Å²) in [5.74, 6) is -0.593. The van der Waals surface area contributed by atoms with Gasteiger partial charge >= 0.3 is 0 Å². The molecule has 0 atom stereocenters. The molecule has 0 aliphatic rings. The smallest absolute Gasteiger partial charge is 0.296 e. The van der Waals surface area contributed by atoms with Crippen molar-refractivity contribution in [3.8, 4) is 5.75 Å². The number of carbonyl (C=O) groups is 2. The lowest BCUT2D eigenvalue weighted by Gasteiger charge is -2.18. The van der Waals surface area contributed by atoms with Crippen molar-refractivity contribution in [1.29, 1.82) is 0 Å². The molecule has 164 valence electrons. The van der Waals surface area contributed by atoms with Gasteiger partial charge < -0.3 is 10.1 Å². The highest BCUT2D eigenvalue weighted by molar-refractivity contribution is 6.06. The largest absolute Gasteiger partial charge is 0.496 e. The van der Waals surface area contributed by atoms with E-state index in [0.29, 0.717) is 17.0 Å². The normalized spacial score (nSPS) is 11.6. The predicted octanol–water partition coefficient (Wildman–Crippen LogP) is 4.04. The average molecular weight is 426 g/mol. The molecule has 0 saturated carbocycles. The number of hydrogen-bond donors (Lipinski definition) is 2. The molecule has 0 saturated heterocycles. The van der Waals surface area contributed by atoms with Crippen molar-refractivity contribution in [3.05, 3.63) is 63.7 Å². The van der Waals surface area contributed by atoms with Crippen LogP contribution in [0.4, 0.5) is 11.4 Å². The number of ether oxygens (including phenoxy) is 1. The maximum atomic E-state index is 12.3. The van der Waals surface area contributed by atoms with Gasteiger partial charge in [-0.1, -0.05) is 32.9 Å². The summed E-state index contributed by atoms with van der Waals surface area (Å²) in [6.07, 6.45) is -0.146. The van der Waals surface area contributed by atoms with E-state index >= 15 is 0 Å². The van der Waals surface area contributed by atoms with Crippen LogP contribution in [0.2, 0.25) is 0 Å². The predicted molar refractivity (Wildman–Crippen MR) is 119 cm³/mol. The summed E-state index contributed by atoms with van der Waals surface area (Å²) < 4.78 is 4.97. The van der Waals surface area contributed by atoms with Crippen LogP contribution in [0.5, 0.6) is 5.75 Å². The standard InChI is InChI=1S/C22H26N4O5/c1-14(24-25-21(28)15-6-8-16(9-7-15)22(2,3)4)12-20(27)23-18-11-10-17(31-5)13-19(18)26(29)30/h6-11,13H,12H2,1-5H3,(H,23,27)(H,25,28)/b24-14+. The quantitative estimate of drug-likeness (QED) is 0.393. The van der Waals surface area contributed by atoms with E-state index < -0.39 is 16.7 Å². The van der Waals surface area contributed by atoms with Gasteiger partial charge in [0.2, 0.25) is 5.91 Å². The van der Waals surface area contributed by atoms with E-state index in [9.17, 15) is 19.7 Å². The number of anilines is 1. The van der Waals surface area contributed by atoms with Gasteiger partial charge in [0, 0.05) is 11.3 Å². The van der Waals surface area contributed by atoms with Crippen molar-refractivity contribution in [2.75, 3.05) is 12.4 Å². The molecule has 0 aliphatic carbocycles. The van der Waals surface area contributed by atoms with Crippen LogP contribution in [0.25, 0.3) is 0 Å². The summed E-state index contributed by atoms with van der Waals surface area (Å²) in [5, 5.41) is 17.6. The monoisotopic (exact) mass is 426 g/mol. The molecule has 2 aromatic carbocycles. The molecule has 2 rings (SSSR count). The molecule has 0 fully saturated rings. The molecule has 9 nitrogen and oxygen atoms in total. The van der Waals surface area contributed by atoms with Crippen molar-refractivity contribution in [2.45, 2.75) is 39.5 Å². The minimum absolute atomic E-state index is 0.0178. The number of nitrogens with zero attached hydrogens (tertiary/aromatic N) is 2. The highest BCUT2D eigenvalue weighted by atomic mass is 16.6. The second-order valence-corrected chi connectivity index (χ2v) is 7.98. The zero-order chi connectivity index (χ0) is 23.2. The molecule has 9 heteroatoms. The van der Waals surface area contributed by atoms with E-state index in [1.165, 1.54) is 25.3 Å². The Balaban J connectivity index is 1.98. The number of nitrogens with one attached hydrogen (secondary N) is 2. The molecule has 0 unspecified atom stereocenters. The third kappa shape index (κ3) is 6.63. The van der Waals surface area contributed by atoms with Gasteiger partial charge in [0.1, 0.15) is 11.4 Å². The molecule has 2 N–H and O–H groups in total. The number of methoxy groups -OCH3 is 1. The summed E-state index contributed by atoms with van der Waals surface area (Å²) >= 11 is 0. The molecule has 0 heterocycles. The number of hydrogen-bond acceptors (Lipinski definition) is 6. The van der Waals surface area contributed by atoms with E-state index in [1.807, 2.05) is 12.1 Å². The Morgan fingerprint density at radius 1 is 1.13 bits per heavy atom. The molecular formula is C22H26N4O5. The van der Waals surface area contributed by atoms with Crippen LogP contribution < -0.4 is 15.5 Å². The topological polar surface area (TPSA) is 123 Å². The van der Waals surface area contributed by atoms with Crippen molar-refractivity contribution in [1.82, 2.24) is 5.43 Å². The summed E-state index contributed by atoms with van der Waals surface area (Å²) in [5.41, 5.74) is 4.05. The molecule has 0 spiro atoms. The molecule has 0 bridgehead atoms.